The molecular formula is C22H18ClN5O4S. The van der Waals surface area contributed by atoms with Crippen molar-refractivity contribution in [2.24, 2.45) is 5.73 Å². The number of primary amides is 1. The number of rotatable bonds is 6. The van der Waals surface area contributed by atoms with Gasteiger partial charge in [-0.2, -0.15) is 9.97 Å². The van der Waals surface area contributed by atoms with Crippen LogP contribution in [-0.2, 0) is 6.54 Å². The fourth-order valence-electron chi connectivity index (χ4n) is 3.48. The predicted molar refractivity (Wildman–Crippen MR) is 126 cm³/mol. The molecule has 1 amide bonds. The fraction of sp³-hybridized carbons (Fsp3) is 0.136. The topological polar surface area (TPSA) is 114 Å². The minimum atomic E-state index is -0.621. The van der Waals surface area contributed by atoms with Crippen molar-refractivity contribution in [2.45, 2.75) is 6.54 Å². The van der Waals surface area contributed by atoms with Crippen molar-refractivity contribution >= 4 is 40.6 Å². The Morgan fingerprint density at radius 3 is 2.30 bits per heavy atom. The second kappa shape index (κ2) is 9.00. The molecule has 168 valence electrons. The third kappa shape index (κ3) is 4.06. The number of hydrogen-bond acceptors (Lipinski definition) is 7. The summed E-state index contributed by atoms with van der Waals surface area (Å²) < 4.78 is 13.8. The molecule has 0 bridgehead atoms. The molecule has 0 spiro atoms. The van der Waals surface area contributed by atoms with Gasteiger partial charge in [0.15, 0.2) is 10.5 Å². The quantitative estimate of drug-likeness (QED) is 0.419. The molecule has 0 fully saturated rings. The van der Waals surface area contributed by atoms with Gasteiger partial charge in [0.1, 0.15) is 6.33 Å². The van der Waals surface area contributed by atoms with Crippen LogP contribution in [0.4, 0.5) is 0 Å². The van der Waals surface area contributed by atoms with Crippen molar-refractivity contribution in [3.8, 4) is 17.4 Å². The molecule has 0 unspecified atom stereocenters. The van der Waals surface area contributed by atoms with E-state index in [2.05, 4.69) is 9.97 Å². The van der Waals surface area contributed by atoms with E-state index in [1.54, 1.807) is 22.8 Å². The minimum Gasteiger partial charge on any atom is -0.479 e. The van der Waals surface area contributed by atoms with Crippen molar-refractivity contribution in [1.29, 1.82) is 0 Å². The molecule has 2 N–H and O–H groups in total. The summed E-state index contributed by atoms with van der Waals surface area (Å²) in [6.07, 6.45) is 1.26. The fourth-order valence-corrected chi connectivity index (χ4v) is 3.94. The van der Waals surface area contributed by atoms with Gasteiger partial charge in [0, 0.05) is 10.6 Å². The number of nitrogens with two attached hydrogens (primary N) is 1. The number of ether oxygens (including phenoxy) is 2. The lowest BCUT2D eigenvalue weighted by Crippen LogP contribution is -2.26. The number of halogens is 1. The van der Waals surface area contributed by atoms with Gasteiger partial charge >= 0.3 is 0 Å². The highest BCUT2D eigenvalue weighted by Crippen LogP contribution is 2.28. The second-order valence-corrected chi connectivity index (χ2v) is 7.77. The Kier molecular flexibility index (Phi) is 6.12. The second-order valence-electron chi connectivity index (χ2n) is 6.97. The summed E-state index contributed by atoms with van der Waals surface area (Å²) in [7, 11) is 2.84. The van der Waals surface area contributed by atoms with Gasteiger partial charge in [0.05, 0.1) is 31.7 Å². The molecule has 2 heterocycles. The zero-order valence-electron chi connectivity index (χ0n) is 17.6. The first-order valence-corrected chi connectivity index (χ1v) is 10.4. The van der Waals surface area contributed by atoms with Gasteiger partial charge in [-0.05, 0) is 48.1 Å². The smallest absolute Gasteiger partial charge is 0.267 e. The summed E-state index contributed by atoms with van der Waals surface area (Å²) in [5.74, 6) is -0.396. The Hall–Kier alpha value is -3.76. The van der Waals surface area contributed by atoms with E-state index in [0.717, 1.165) is 5.56 Å². The van der Waals surface area contributed by atoms with Crippen LogP contribution in [0, 0.1) is 4.77 Å². The predicted octanol–water partition coefficient (Wildman–Crippen LogP) is 3.13. The van der Waals surface area contributed by atoms with E-state index >= 15 is 0 Å². The highest BCUT2D eigenvalue weighted by atomic mass is 35.5. The summed E-state index contributed by atoms with van der Waals surface area (Å²) in [5, 5.41) is 0.889. The monoisotopic (exact) mass is 483 g/mol. The molecule has 0 radical (unpaired) electrons. The normalized spacial score (nSPS) is 10.9. The highest BCUT2D eigenvalue weighted by Gasteiger charge is 2.22. The van der Waals surface area contributed by atoms with E-state index in [4.69, 9.17) is 39.0 Å². The number of methoxy groups -OCH3 is 2. The van der Waals surface area contributed by atoms with Gasteiger partial charge in [-0.25, -0.2) is 4.57 Å². The molecular weight excluding hydrogens is 466 g/mol. The van der Waals surface area contributed by atoms with Crippen LogP contribution in [0.2, 0.25) is 5.02 Å². The largest absolute Gasteiger partial charge is 0.479 e. The van der Waals surface area contributed by atoms with Crippen LogP contribution in [0.1, 0.15) is 15.9 Å². The van der Waals surface area contributed by atoms with Gasteiger partial charge in [-0.1, -0.05) is 23.7 Å². The maximum atomic E-state index is 13.6. The van der Waals surface area contributed by atoms with Crippen LogP contribution in [0.25, 0.3) is 16.6 Å². The number of carbonyl (C=O) groups excluding carboxylic acids is 1. The number of carbonyl (C=O) groups is 1. The number of benzene rings is 2. The number of nitrogens with zero attached hydrogens (tertiary/aromatic N) is 4. The molecule has 0 saturated carbocycles. The Labute approximate surface area is 198 Å². The van der Waals surface area contributed by atoms with Crippen molar-refractivity contribution < 1.29 is 14.3 Å². The Bertz CT molecular complexity index is 1480. The van der Waals surface area contributed by atoms with Crippen molar-refractivity contribution in [1.82, 2.24) is 19.1 Å². The summed E-state index contributed by atoms with van der Waals surface area (Å²) in [4.78, 5) is 33.6. The summed E-state index contributed by atoms with van der Waals surface area (Å²) in [6, 6.07) is 11.8. The average Bonchev–Trinajstić information content (AvgIpc) is 2.82. The molecule has 4 rings (SSSR count). The van der Waals surface area contributed by atoms with Crippen molar-refractivity contribution in [3.63, 3.8) is 0 Å². The number of aromatic nitrogens is 4. The van der Waals surface area contributed by atoms with E-state index in [1.807, 2.05) is 12.1 Å². The van der Waals surface area contributed by atoms with Crippen LogP contribution in [0.15, 0.2) is 53.6 Å². The molecule has 0 aliphatic heterocycles. The lowest BCUT2D eigenvalue weighted by Gasteiger charge is -2.18. The first kappa shape index (κ1) is 22.4. The van der Waals surface area contributed by atoms with E-state index in [0.29, 0.717) is 15.9 Å². The number of fused-ring (bicyclic) bond motifs is 1. The Morgan fingerprint density at radius 1 is 1.09 bits per heavy atom. The summed E-state index contributed by atoms with van der Waals surface area (Å²) in [6.45, 7) is 0.285. The molecule has 2 aromatic carbocycles. The van der Waals surface area contributed by atoms with Crippen molar-refractivity contribution in [3.05, 3.63) is 80.1 Å². The van der Waals surface area contributed by atoms with Crippen LogP contribution in [0.3, 0.4) is 0 Å². The van der Waals surface area contributed by atoms with Crippen LogP contribution >= 0.6 is 23.8 Å². The molecule has 0 aliphatic carbocycles. The maximum Gasteiger partial charge on any atom is 0.267 e. The first-order valence-electron chi connectivity index (χ1n) is 9.63. The molecule has 4 aromatic rings. The van der Waals surface area contributed by atoms with E-state index in [1.165, 1.54) is 37.2 Å². The molecule has 0 saturated heterocycles. The molecule has 33 heavy (non-hydrogen) atoms. The molecule has 11 heteroatoms. The van der Waals surface area contributed by atoms with Crippen LogP contribution < -0.4 is 20.8 Å². The number of amides is 1. The van der Waals surface area contributed by atoms with Gasteiger partial charge in [0.2, 0.25) is 17.7 Å². The van der Waals surface area contributed by atoms with Crippen LogP contribution in [-0.4, -0.2) is 39.2 Å². The molecule has 2 aromatic heterocycles. The van der Waals surface area contributed by atoms with E-state index in [9.17, 15) is 9.59 Å². The molecule has 0 atom stereocenters. The van der Waals surface area contributed by atoms with Crippen LogP contribution in [0.5, 0.6) is 11.8 Å². The first-order chi connectivity index (χ1) is 15.8. The van der Waals surface area contributed by atoms with E-state index < -0.39 is 11.5 Å². The third-order valence-electron chi connectivity index (χ3n) is 5.05. The van der Waals surface area contributed by atoms with Gasteiger partial charge in [-0.15, -0.1) is 0 Å². The standard InChI is InChI=1S/C22H18ClN5O4S/c1-31-19-17(20(32-2)26-11-25-19)28-21(30)15-8-5-13(18(24)29)9-16(15)27(22(28)33)10-12-3-6-14(23)7-4-12/h3-9,11H,10H2,1-2H3,(H2,24,29). The number of hydrogen-bond donors (Lipinski definition) is 1. The van der Waals surface area contributed by atoms with Gasteiger partial charge in [0.25, 0.3) is 5.56 Å². The lowest BCUT2D eigenvalue weighted by molar-refractivity contribution is 0.100. The minimum absolute atomic E-state index is 0.112. The Morgan fingerprint density at radius 2 is 1.73 bits per heavy atom. The molecule has 0 aliphatic rings. The maximum absolute atomic E-state index is 13.6. The Balaban J connectivity index is 2.11. The van der Waals surface area contributed by atoms with E-state index in [-0.39, 0.29) is 34.3 Å². The molecule has 9 nitrogen and oxygen atoms in total. The third-order valence-corrected chi connectivity index (χ3v) is 5.70. The zero-order valence-corrected chi connectivity index (χ0v) is 19.2. The zero-order chi connectivity index (χ0) is 23.7. The average molecular weight is 484 g/mol. The highest BCUT2D eigenvalue weighted by molar-refractivity contribution is 7.71. The summed E-state index contributed by atoms with van der Waals surface area (Å²) >= 11 is 11.8. The lowest BCUT2D eigenvalue weighted by atomic mass is 10.1. The van der Waals surface area contributed by atoms with Gasteiger partial charge < -0.3 is 19.8 Å². The van der Waals surface area contributed by atoms with Gasteiger partial charge in [-0.3, -0.25) is 9.59 Å². The SMILES string of the molecule is COc1ncnc(OC)c1-n1c(=O)c2ccc(C(N)=O)cc2n(Cc2ccc(Cl)cc2)c1=S. The van der Waals surface area contributed by atoms with Crippen molar-refractivity contribution in [2.75, 3.05) is 14.2 Å². The summed E-state index contributed by atoms with van der Waals surface area (Å²) in [5.41, 5.74) is 6.75.